The van der Waals surface area contributed by atoms with Crippen molar-refractivity contribution in [3.63, 3.8) is 0 Å². The number of hydrogen-bond donors (Lipinski definition) is 1. The Labute approximate surface area is 125 Å². The molecule has 1 N–H and O–H groups in total. The van der Waals surface area contributed by atoms with E-state index in [0.717, 1.165) is 25.3 Å². The summed E-state index contributed by atoms with van der Waals surface area (Å²) in [6.45, 7) is 10.2. The lowest BCUT2D eigenvalue weighted by molar-refractivity contribution is 0.0871. The standard InChI is InChI=1S/C16H33NO2S/c1-6-17-15-12-13(2)8-9-14(15)16(3,4)10-7-11-20(5,18)19/h13-15,17H,6-12H2,1-5H3. The monoisotopic (exact) mass is 303 g/mol. The van der Waals surface area contributed by atoms with Crippen LogP contribution in [0.3, 0.4) is 0 Å². The maximum Gasteiger partial charge on any atom is 0.147 e. The van der Waals surface area contributed by atoms with Gasteiger partial charge < -0.3 is 5.32 Å². The van der Waals surface area contributed by atoms with Crippen LogP contribution in [0, 0.1) is 17.3 Å². The average Bonchev–Trinajstić information content (AvgIpc) is 2.26. The molecule has 3 unspecified atom stereocenters. The maximum absolute atomic E-state index is 11.3. The summed E-state index contributed by atoms with van der Waals surface area (Å²) < 4.78 is 22.6. The van der Waals surface area contributed by atoms with Gasteiger partial charge in [0.05, 0.1) is 0 Å². The molecule has 0 radical (unpaired) electrons. The lowest BCUT2D eigenvalue weighted by Crippen LogP contribution is -2.46. The van der Waals surface area contributed by atoms with E-state index in [4.69, 9.17) is 0 Å². The zero-order valence-electron chi connectivity index (χ0n) is 13.9. The third-order valence-corrected chi connectivity index (χ3v) is 5.95. The van der Waals surface area contributed by atoms with Gasteiger partial charge in [0.1, 0.15) is 9.84 Å². The highest BCUT2D eigenvalue weighted by Crippen LogP contribution is 2.43. The number of nitrogens with one attached hydrogen (secondary N) is 1. The third-order valence-electron chi connectivity index (χ3n) is 4.92. The molecule has 0 aromatic rings. The van der Waals surface area contributed by atoms with Crippen LogP contribution < -0.4 is 5.32 Å². The van der Waals surface area contributed by atoms with Crippen molar-refractivity contribution in [1.82, 2.24) is 5.32 Å². The van der Waals surface area contributed by atoms with Crippen molar-refractivity contribution >= 4 is 9.84 Å². The first-order chi connectivity index (χ1) is 9.15. The fraction of sp³-hybridized carbons (Fsp3) is 1.00. The molecule has 3 nitrogen and oxygen atoms in total. The summed E-state index contributed by atoms with van der Waals surface area (Å²) in [4.78, 5) is 0. The Morgan fingerprint density at radius 3 is 2.45 bits per heavy atom. The van der Waals surface area contributed by atoms with Crippen LogP contribution in [-0.2, 0) is 9.84 Å². The molecule has 1 fully saturated rings. The van der Waals surface area contributed by atoms with Gasteiger partial charge in [0.2, 0.25) is 0 Å². The number of rotatable bonds is 7. The molecule has 1 aliphatic carbocycles. The van der Waals surface area contributed by atoms with E-state index in [1.54, 1.807) is 0 Å². The highest BCUT2D eigenvalue weighted by molar-refractivity contribution is 7.90. The van der Waals surface area contributed by atoms with Crippen molar-refractivity contribution in [2.45, 2.75) is 65.8 Å². The van der Waals surface area contributed by atoms with Crippen molar-refractivity contribution in [3.8, 4) is 0 Å². The topological polar surface area (TPSA) is 46.2 Å². The van der Waals surface area contributed by atoms with Gasteiger partial charge in [-0.05, 0) is 49.5 Å². The summed E-state index contributed by atoms with van der Waals surface area (Å²) in [5.41, 5.74) is 0.220. The van der Waals surface area contributed by atoms with Crippen molar-refractivity contribution in [1.29, 1.82) is 0 Å². The Morgan fingerprint density at radius 2 is 1.90 bits per heavy atom. The first kappa shape index (κ1) is 18.0. The van der Waals surface area contributed by atoms with E-state index >= 15 is 0 Å². The second-order valence-electron chi connectivity index (χ2n) is 7.41. The number of hydrogen-bond acceptors (Lipinski definition) is 3. The predicted octanol–water partition coefficient (Wildman–Crippen LogP) is 3.25. The molecule has 0 spiro atoms. The SMILES string of the molecule is CCNC1CC(C)CCC1C(C)(C)CCCS(C)(=O)=O. The Hall–Kier alpha value is -0.0900. The molecule has 3 atom stereocenters. The molecule has 4 heteroatoms. The molecule has 1 aliphatic rings. The van der Waals surface area contributed by atoms with Gasteiger partial charge in [-0.3, -0.25) is 0 Å². The molecule has 0 heterocycles. The van der Waals surface area contributed by atoms with Gasteiger partial charge in [-0.2, -0.15) is 0 Å². The quantitative estimate of drug-likeness (QED) is 0.785. The Morgan fingerprint density at radius 1 is 1.25 bits per heavy atom. The molecule has 0 aliphatic heterocycles. The minimum absolute atomic E-state index is 0.220. The van der Waals surface area contributed by atoms with Crippen LogP contribution in [0.25, 0.3) is 0 Å². The summed E-state index contributed by atoms with van der Waals surface area (Å²) in [6, 6.07) is 0.594. The Kier molecular flexibility index (Phi) is 6.52. The van der Waals surface area contributed by atoms with Crippen molar-refractivity contribution in [2.75, 3.05) is 18.6 Å². The van der Waals surface area contributed by atoms with Crippen LogP contribution in [-0.4, -0.2) is 33.0 Å². The summed E-state index contributed by atoms with van der Waals surface area (Å²) in [5.74, 6) is 1.80. The lowest BCUT2D eigenvalue weighted by atomic mass is 9.64. The van der Waals surface area contributed by atoms with Crippen LogP contribution in [0.2, 0.25) is 0 Å². The van der Waals surface area contributed by atoms with Crippen LogP contribution in [0.5, 0.6) is 0 Å². The highest BCUT2D eigenvalue weighted by Gasteiger charge is 2.38. The molecule has 20 heavy (non-hydrogen) atoms. The van der Waals surface area contributed by atoms with Gasteiger partial charge in [-0.15, -0.1) is 0 Å². The zero-order valence-corrected chi connectivity index (χ0v) is 14.7. The normalized spacial score (nSPS) is 28.6. The first-order valence-corrected chi connectivity index (χ1v) is 10.1. The van der Waals surface area contributed by atoms with Gasteiger partial charge >= 0.3 is 0 Å². The smallest absolute Gasteiger partial charge is 0.147 e. The van der Waals surface area contributed by atoms with Gasteiger partial charge in [0.25, 0.3) is 0 Å². The summed E-state index contributed by atoms with van der Waals surface area (Å²) in [7, 11) is -2.83. The molecule has 0 aromatic heterocycles. The van der Waals surface area contributed by atoms with E-state index in [1.165, 1.54) is 25.5 Å². The summed E-state index contributed by atoms with van der Waals surface area (Å²) in [5, 5.41) is 3.66. The Bertz CT molecular complexity index is 389. The summed E-state index contributed by atoms with van der Waals surface area (Å²) in [6.07, 6.45) is 6.96. The van der Waals surface area contributed by atoms with E-state index in [1.807, 2.05) is 0 Å². The second kappa shape index (κ2) is 7.26. The largest absolute Gasteiger partial charge is 0.314 e. The fourth-order valence-electron chi connectivity index (χ4n) is 3.78. The van der Waals surface area contributed by atoms with E-state index in [-0.39, 0.29) is 5.41 Å². The van der Waals surface area contributed by atoms with E-state index in [0.29, 0.717) is 17.7 Å². The van der Waals surface area contributed by atoms with Crippen molar-refractivity contribution in [2.24, 2.45) is 17.3 Å². The molecule has 1 rings (SSSR count). The molecule has 1 saturated carbocycles. The predicted molar refractivity (Wildman–Crippen MR) is 86.7 cm³/mol. The minimum atomic E-state index is -2.83. The second-order valence-corrected chi connectivity index (χ2v) is 9.67. The highest BCUT2D eigenvalue weighted by atomic mass is 32.2. The Balaban J connectivity index is 2.63. The van der Waals surface area contributed by atoms with Crippen molar-refractivity contribution in [3.05, 3.63) is 0 Å². The first-order valence-electron chi connectivity index (χ1n) is 8.07. The fourth-order valence-corrected chi connectivity index (χ4v) is 4.45. The van der Waals surface area contributed by atoms with Gasteiger partial charge in [-0.1, -0.05) is 34.1 Å². The summed E-state index contributed by atoms with van der Waals surface area (Å²) >= 11 is 0. The zero-order chi connectivity index (χ0) is 15.4. The third kappa shape index (κ3) is 5.72. The van der Waals surface area contributed by atoms with Crippen LogP contribution >= 0.6 is 0 Å². The average molecular weight is 304 g/mol. The molecule has 0 saturated heterocycles. The molecule has 0 amide bonds. The van der Waals surface area contributed by atoms with Crippen LogP contribution in [0.4, 0.5) is 0 Å². The van der Waals surface area contributed by atoms with E-state index in [2.05, 4.69) is 33.0 Å². The molecular weight excluding hydrogens is 270 g/mol. The van der Waals surface area contributed by atoms with Gasteiger partial charge in [0, 0.05) is 18.1 Å². The van der Waals surface area contributed by atoms with E-state index in [9.17, 15) is 8.42 Å². The van der Waals surface area contributed by atoms with Crippen molar-refractivity contribution < 1.29 is 8.42 Å². The molecule has 0 bridgehead atoms. The maximum atomic E-state index is 11.3. The van der Waals surface area contributed by atoms with Gasteiger partial charge in [-0.25, -0.2) is 8.42 Å². The minimum Gasteiger partial charge on any atom is -0.314 e. The lowest BCUT2D eigenvalue weighted by Gasteiger charge is -2.45. The van der Waals surface area contributed by atoms with Crippen LogP contribution in [0.15, 0.2) is 0 Å². The molecule has 120 valence electrons. The van der Waals surface area contributed by atoms with Gasteiger partial charge in [0.15, 0.2) is 0 Å². The molecule has 0 aromatic carbocycles. The van der Waals surface area contributed by atoms with Crippen LogP contribution in [0.1, 0.15) is 59.8 Å². The molecular formula is C16H33NO2S. The van der Waals surface area contributed by atoms with E-state index < -0.39 is 9.84 Å². The number of sulfone groups is 1.